The summed E-state index contributed by atoms with van der Waals surface area (Å²) in [6, 6.07) is 17.9. The fourth-order valence-electron chi connectivity index (χ4n) is 3.24. The molecule has 0 heterocycles. The van der Waals surface area contributed by atoms with Gasteiger partial charge in [0.2, 0.25) is 0 Å². The largest absolute Gasteiger partial charge is 0.493 e. The number of ether oxygens (including phenoxy) is 6. The zero-order valence-corrected chi connectivity index (χ0v) is 23.5. The number of esters is 4. The molecule has 1 amide bonds. The topological polar surface area (TPSA) is 153 Å². The molecule has 0 saturated carbocycles. The van der Waals surface area contributed by atoms with Crippen molar-refractivity contribution in [2.24, 2.45) is 0 Å². The molecular weight excluding hydrogens is 574 g/mol. The molecule has 12 nitrogen and oxygen atoms in total. The van der Waals surface area contributed by atoms with Gasteiger partial charge in [0.15, 0.2) is 0 Å². The van der Waals surface area contributed by atoms with Crippen LogP contribution >= 0.6 is 0 Å². The summed E-state index contributed by atoms with van der Waals surface area (Å²) in [4.78, 5) is 58.8. The van der Waals surface area contributed by atoms with Crippen LogP contribution in [0.15, 0.2) is 98.1 Å². The lowest BCUT2D eigenvalue weighted by Crippen LogP contribution is -2.30. The number of hydrogen-bond donors (Lipinski definition) is 1. The van der Waals surface area contributed by atoms with E-state index in [1.165, 1.54) is 48.5 Å². The number of nitrogens with one attached hydrogen (secondary N) is 1. The molecule has 0 unspecified atom stereocenters. The predicted molar refractivity (Wildman–Crippen MR) is 156 cm³/mol. The van der Waals surface area contributed by atoms with E-state index in [-0.39, 0.29) is 42.6 Å². The summed E-state index contributed by atoms with van der Waals surface area (Å²) in [7, 11) is 0. The van der Waals surface area contributed by atoms with Gasteiger partial charge in [-0.15, -0.1) is 0 Å². The average Bonchev–Trinajstić information content (AvgIpc) is 3.04. The van der Waals surface area contributed by atoms with Gasteiger partial charge in [0.05, 0.1) is 30.9 Å². The summed E-state index contributed by atoms with van der Waals surface area (Å²) in [5.74, 6) is -1.18. The lowest BCUT2D eigenvalue weighted by atomic mass is 10.2. The van der Waals surface area contributed by atoms with E-state index in [1.54, 1.807) is 24.3 Å². The van der Waals surface area contributed by atoms with Crippen LogP contribution in [0.2, 0.25) is 0 Å². The van der Waals surface area contributed by atoms with E-state index in [9.17, 15) is 24.0 Å². The van der Waals surface area contributed by atoms with E-state index in [2.05, 4.69) is 18.5 Å². The Morgan fingerprint density at radius 1 is 0.568 bits per heavy atom. The Kier molecular flexibility index (Phi) is 12.7. The first-order chi connectivity index (χ1) is 21.3. The third-order valence-corrected chi connectivity index (χ3v) is 5.39. The molecule has 3 rings (SSSR count). The lowest BCUT2D eigenvalue weighted by molar-refractivity contribution is -0.138. The molecule has 0 radical (unpaired) electrons. The van der Waals surface area contributed by atoms with E-state index in [0.29, 0.717) is 24.3 Å². The number of amides is 1. The highest BCUT2D eigenvalue weighted by molar-refractivity contribution is 5.92. The van der Waals surface area contributed by atoms with Gasteiger partial charge in [-0.1, -0.05) is 13.2 Å². The van der Waals surface area contributed by atoms with E-state index in [1.807, 2.05) is 0 Å². The van der Waals surface area contributed by atoms with E-state index >= 15 is 0 Å². The van der Waals surface area contributed by atoms with Crippen molar-refractivity contribution in [2.75, 3.05) is 26.4 Å². The van der Waals surface area contributed by atoms with Crippen molar-refractivity contribution in [3.05, 3.63) is 109 Å². The SMILES string of the molecule is C=CC(=O)OCCCOc1ccc(C(=O)Oc2ccc(OC(=O)c3ccc(OC(=O)NCCOC(=O)C=C)cc3)cc2)cc1. The number of carbonyl (C=O) groups excluding carboxylic acids is 5. The normalized spacial score (nSPS) is 10.0. The van der Waals surface area contributed by atoms with Crippen molar-refractivity contribution in [3.8, 4) is 23.0 Å². The smallest absolute Gasteiger partial charge is 0.412 e. The van der Waals surface area contributed by atoms with Crippen LogP contribution in [0.4, 0.5) is 4.79 Å². The van der Waals surface area contributed by atoms with Crippen molar-refractivity contribution < 1.29 is 52.4 Å². The molecule has 44 heavy (non-hydrogen) atoms. The minimum Gasteiger partial charge on any atom is -0.493 e. The summed E-state index contributed by atoms with van der Waals surface area (Å²) in [5, 5.41) is 2.41. The fourth-order valence-corrected chi connectivity index (χ4v) is 3.24. The Hall–Kier alpha value is -5.91. The predicted octanol–water partition coefficient (Wildman–Crippen LogP) is 4.44. The highest BCUT2D eigenvalue weighted by atomic mass is 16.6. The second kappa shape index (κ2) is 17.1. The lowest BCUT2D eigenvalue weighted by Gasteiger charge is -2.09. The summed E-state index contributed by atoms with van der Waals surface area (Å²) in [6.45, 7) is 7.11. The first kappa shape index (κ1) is 32.6. The van der Waals surface area contributed by atoms with Gasteiger partial charge in [-0.25, -0.2) is 24.0 Å². The Morgan fingerprint density at radius 2 is 1.00 bits per heavy atom. The highest BCUT2D eigenvalue weighted by Crippen LogP contribution is 2.21. The minimum atomic E-state index is -0.765. The van der Waals surface area contributed by atoms with Crippen molar-refractivity contribution >= 4 is 30.0 Å². The molecule has 3 aromatic carbocycles. The average molecular weight is 604 g/mol. The molecule has 12 heteroatoms. The van der Waals surface area contributed by atoms with Crippen LogP contribution in [0.1, 0.15) is 27.1 Å². The van der Waals surface area contributed by atoms with Gasteiger partial charge in [-0.3, -0.25) is 0 Å². The Labute approximate surface area is 252 Å². The summed E-state index contributed by atoms with van der Waals surface area (Å²) < 4.78 is 31.0. The second-order valence-electron chi connectivity index (χ2n) is 8.56. The molecule has 0 spiro atoms. The van der Waals surface area contributed by atoms with Crippen LogP contribution in [-0.4, -0.2) is 56.3 Å². The number of benzene rings is 3. The van der Waals surface area contributed by atoms with Gasteiger partial charge in [-0.05, 0) is 72.8 Å². The first-order valence-corrected chi connectivity index (χ1v) is 13.2. The molecule has 0 aliphatic rings. The zero-order chi connectivity index (χ0) is 31.7. The summed E-state index contributed by atoms with van der Waals surface area (Å²) in [5.41, 5.74) is 0.500. The minimum absolute atomic E-state index is 0.0426. The molecule has 0 aliphatic heterocycles. The molecule has 0 fully saturated rings. The van der Waals surface area contributed by atoms with Crippen LogP contribution in [0.5, 0.6) is 23.0 Å². The van der Waals surface area contributed by atoms with Gasteiger partial charge in [0.1, 0.15) is 29.6 Å². The Bertz CT molecular complexity index is 1460. The molecule has 0 atom stereocenters. The second-order valence-corrected chi connectivity index (χ2v) is 8.56. The molecule has 3 aromatic rings. The van der Waals surface area contributed by atoms with Crippen molar-refractivity contribution in [3.63, 3.8) is 0 Å². The van der Waals surface area contributed by atoms with Gasteiger partial charge < -0.3 is 33.7 Å². The maximum atomic E-state index is 12.5. The standard InChI is InChI=1S/C32H29NO11/c1-3-28(34)40-20-5-19-39-24-10-6-22(7-11-24)30(36)42-25-14-16-26(17-15-25)43-31(37)23-8-12-27(13-9-23)44-32(38)33-18-21-41-29(35)4-2/h3-4,6-17H,1-2,5,18-21H2,(H,33,38). The molecule has 0 saturated heterocycles. The summed E-state index contributed by atoms with van der Waals surface area (Å²) in [6.07, 6.45) is 1.83. The highest BCUT2D eigenvalue weighted by Gasteiger charge is 2.12. The van der Waals surface area contributed by atoms with E-state index < -0.39 is 30.0 Å². The van der Waals surface area contributed by atoms with Crippen LogP contribution < -0.4 is 24.3 Å². The van der Waals surface area contributed by atoms with Gasteiger partial charge >= 0.3 is 30.0 Å². The van der Waals surface area contributed by atoms with Crippen LogP contribution in [0.25, 0.3) is 0 Å². The van der Waals surface area contributed by atoms with Crippen molar-refractivity contribution in [1.29, 1.82) is 0 Å². The van der Waals surface area contributed by atoms with Gasteiger partial charge in [0.25, 0.3) is 0 Å². The molecule has 0 aliphatic carbocycles. The Morgan fingerprint density at radius 3 is 1.50 bits per heavy atom. The molecule has 1 N–H and O–H groups in total. The molecule has 0 aromatic heterocycles. The number of rotatable bonds is 15. The van der Waals surface area contributed by atoms with Crippen molar-refractivity contribution in [2.45, 2.75) is 6.42 Å². The maximum absolute atomic E-state index is 12.5. The molecule has 228 valence electrons. The van der Waals surface area contributed by atoms with E-state index in [0.717, 1.165) is 12.2 Å². The third-order valence-electron chi connectivity index (χ3n) is 5.39. The van der Waals surface area contributed by atoms with Crippen molar-refractivity contribution in [1.82, 2.24) is 5.32 Å². The molecule has 0 bridgehead atoms. The molecular formula is C32H29NO11. The number of hydrogen-bond acceptors (Lipinski definition) is 11. The summed E-state index contributed by atoms with van der Waals surface area (Å²) >= 11 is 0. The third kappa shape index (κ3) is 11.2. The number of carbonyl (C=O) groups is 5. The zero-order valence-electron chi connectivity index (χ0n) is 23.5. The van der Waals surface area contributed by atoms with Crippen LogP contribution in [0, 0.1) is 0 Å². The monoisotopic (exact) mass is 603 g/mol. The maximum Gasteiger partial charge on any atom is 0.412 e. The Balaban J connectivity index is 1.41. The fraction of sp³-hybridized carbons (Fsp3) is 0.156. The van der Waals surface area contributed by atoms with Gasteiger partial charge in [-0.2, -0.15) is 0 Å². The van der Waals surface area contributed by atoms with Crippen LogP contribution in [0.3, 0.4) is 0 Å². The quantitative estimate of drug-likeness (QED) is 0.114. The van der Waals surface area contributed by atoms with E-state index in [4.69, 9.17) is 28.4 Å². The van der Waals surface area contributed by atoms with Crippen LogP contribution in [-0.2, 0) is 19.1 Å². The van der Waals surface area contributed by atoms with Gasteiger partial charge in [0, 0.05) is 18.6 Å². The first-order valence-electron chi connectivity index (χ1n) is 13.2.